The van der Waals surface area contributed by atoms with Crippen molar-refractivity contribution in [2.45, 2.75) is 51.4 Å². The molecule has 0 aliphatic carbocycles. The van der Waals surface area contributed by atoms with E-state index in [4.69, 9.17) is 4.74 Å². The third-order valence-corrected chi connectivity index (χ3v) is 2.12. The highest BCUT2D eigenvalue weighted by Gasteiger charge is 2.40. The molecule has 0 aromatic rings. The normalized spacial score (nSPS) is 28.6. The van der Waals surface area contributed by atoms with Crippen LogP contribution in [0.3, 0.4) is 0 Å². The number of ether oxygens (including phenoxy) is 1. The second-order valence-electron chi connectivity index (χ2n) is 4.75. The van der Waals surface area contributed by atoms with E-state index in [1.54, 1.807) is 20.8 Å². The minimum Gasteiger partial charge on any atom is -0.457 e. The van der Waals surface area contributed by atoms with E-state index in [1.807, 2.05) is 0 Å². The van der Waals surface area contributed by atoms with Gasteiger partial charge in [0, 0.05) is 6.42 Å². The Morgan fingerprint density at radius 3 is 2.50 bits per heavy atom. The molecule has 1 fully saturated rings. The van der Waals surface area contributed by atoms with Gasteiger partial charge in [0.05, 0.1) is 0 Å². The average Bonchev–Trinajstić information content (AvgIpc) is 2.02. The third kappa shape index (κ3) is 2.96. The number of carbonyl (C=O) groups is 1. The van der Waals surface area contributed by atoms with Crippen LogP contribution < -0.4 is 5.32 Å². The molecule has 1 aliphatic heterocycles. The Kier molecular flexibility index (Phi) is 3.17. The summed E-state index contributed by atoms with van der Waals surface area (Å²) in [6, 6.07) is 0. The van der Waals surface area contributed by atoms with Crippen LogP contribution in [-0.2, 0) is 9.53 Å². The number of piperidine rings is 1. The maximum Gasteiger partial charge on any atom is 0.354 e. The van der Waals surface area contributed by atoms with Crippen LogP contribution in [0.2, 0.25) is 0 Å². The largest absolute Gasteiger partial charge is 0.457 e. The minimum absolute atomic E-state index is 0.432. The lowest BCUT2D eigenvalue weighted by atomic mass is 10.0. The molecule has 1 rings (SSSR count). The summed E-state index contributed by atoms with van der Waals surface area (Å²) >= 11 is 0. The summed E-state index contributed by atoms with van der Waals surface area (Å²) in [6.07, 6.45) is 2.27. The summed E-state index contributed by atoms with van der Waals surface area (Å²) in [5, 5.41) is 12.7. The van der Waals surface area contributed by atoms with Gasteiger partial charge in [0.2, 0.25) is 5.72 Å². The van der Waals surface area contributed by atoms with Gasteiger partial charge in [0.1, 0.15) is 5.60 Å². The molecule has 1 saturated heterocycles. The topological polar surface area (TPSA) is 58.6 Å². The first-order chi connectivity index (χ1) is 6.33. The van der Waals surface area contributed by atoms with Crippen LogP contribution in [0.1, 0.15) is 40.0 Å². The summed E-state index contributed by atoms with van der Waals surface area (Å²) in [4.78, 5) is 11.6. The van der Waals surface area contributed by atoms with Gasteiger partial charge in [-0.25, -0.2) is 4.79 Å². The highest BCUT2D eigenvalue weighted by Crippen LogP contribution is 2.20. The highest BCUT2D eigenvalue weighted by atomic mass is 16.6. The van der Waals surface area contributed by atoms with Crippen molar-refractivity contribution >= 4 is 5.97 Å². The molecule has 0 aromatic heterocycles. The lowest BCUT2D eigenvalue weighted by Crippen LogP contribution is -2.56. The molecule has 0 aromatic carbocycles. The predicted molar refractivity (Wildman–Crippen MR) is 52.6 cm³/mol. The Balaban J connectivity index is 2.58. The van der Waals surface area contributed by atoms with Gasteiger partial charge in [-0.15, -0.1) is 0 Å². The molecule has 14 heavy (non-hydrogen) atoms. The number of nitrogens with one attached hydrogen (secondary N) is 1. The van der Waals surface area contributed by atoms with Gasteiger partial charge in [-0.2, -0.15) is 0 Å². The highest BCUT2D eigenvalue weighted by molar-refractivity contribution is 5.79. The van der Waals surface area contributed by atoms with E-state index in [2.05, 4.69) is 5.32 Å². The van der Waals surface area contributed by atoms with Crippen molar-refractivity contribution in [2.75, 3.05) is 6.54 Å². The SMILES string of the molecule is CC(C)(C)OC(=O)C1(O)CCCCN1. The molecule has 1 aliphatic rings. The molecule has 4 heteroatoms. The first kappa shape index (κ1) is 11.5. The van der Waals surface area contributed by atoms with Crippen LogP contribution in [0.15, 0.2) is 0 Å². The van der Waals surface area contributed by atoms with E-state index in [1.165, 1.54) is 0 Å². The Bertz CT molecular complexity index is 214. The van der Waals surface area contributed by atoms with Crippen LogP contribution in [-0.4, -0.2) is 28.9 Å². The van der Waals surface area contributed by atoms with Gasteiger partial charge in [-0.1, -0.05) is 0 Å². The van der Waals surface area contributed by atoms with Gasteiger partial charge in [-0.05, 0) is 40.2 Å². The average molecular weight is 201 g/mol. The first-order valence-electron chi connectivity index (χ1n) is 5.04. The molecule has 0 spiro atoms. The fraction of sp³-hybridized carbons (Fsp3) is 0.900. The summed E-state index contributed by atoms with van der Waals surface area (Å²) in [6.45, 7) is 6.03. The molecule has 0 saturated carbocycles. The number of esters is 1. The van der Waals surface area contributed by atoms with E-state index in [9.17, 15) is 9.90 Å². The lowest BCUT2D eigenvalue weighted by Gasteiger charge is -2.33. The van der Waals surface area contributed by atoms with Crippen molar-refractivity contribution in [3.8, 4) is 0 Å². The quantitative estimate of drug-likeness (QED) is 0.616. The van der Waals surface area contributed by atoms with Crippen LogP contribution in [0.25, 0.3) is 0 Å². The van der Waals surface area contributed by atoms with E-state index < -0.39 is 17.3 Å². The molecule has 82 valence electrons. The zero-order valence-corrected chi connectivity index (χ0v) is 9.09. The van der Waals surface area contributed by atoms with Gasteiger partial charge in [-0.3, -0.25) is 5.32 Å². The second kappa shape index (κ2) is 3.87. The monoisotopic (exact) mass is 201 g/mol. The number of carbonyl (C=O) groups excluding carboxylic acids is 1. The van der Waals surface area contributed by atoms with Crippen LogP contribution in [0.5, 0.6) is 0 Å². The number of hydrogen-bond donors (Lipinski definition) is 2. The van der Waals surface area contributed by atoms with E-state index in [0.717, 1.165) is 12.8 Å². The Morgan fingerprint density at radius 1 is 1.43 bits per heavy atom. The molecule has 1 unspecified atom stereocenters. The van der Waals surface area contributed by atoms with Crippen LogP contribution >= 0.6 is 0 Å². The van der Waals surface area contributed by atoms with E-state index in [0.29, 0.717) is 13.0 Å². The summed E-state index contributed by atoms with van der Waals surface area (Å²) < 4.78 is 5.13. The molecular weight excluding hydrogens is 182 g/mol. The van der Waals surface area contributed by atoms with Crippen molar-refractivity contribution < 1.29 is 14.6 Å². The van der Waals surface area contributed by atoms with Crippen LogP contribution in [0.4, 0.5) is 0 Å². The molecule has 0 bridgehead atoms. The maximum absolute atomic E-state index is 11.6. The Morgan fingerprint density at radius 2 is 2.07 bits per heavy atom. The molecule has 0 amide bonds. The predicted octanol–water partition coefficient (Wildman–Crippen LogP) is 0.790. The van der Waals surface area contributed by atoms with Crippen molar-refractivity contribution in [1.29, 1.82) is 0 Å². The van der Waals surface area contributed by atoms with Crippen LogP contribution in [0, 0.1) is 0 Å². The standard InChI is InChI=1S/C10H19NO3/c1-9(2,3)14-8(12)10(13)6-4-5-7-11-10/h11,13H,4-7H2,1-3H3. The Hall–Kier alpha value is -0.610. The summed E-state index contributed by atoms with van der Waals surface area (Å²) in [5.41, 5.74) is -2.02. The molecule has 4 nitrogen and oxygen atoms in total. The van der Waals surface area contributed by atoms with Crippen molar-refractivity contribution in [3.63, 3.8) is 0 Å². The van der Waals surface area contributed by atoms with Gasteiger partial charge < -0.3 is 9.84 Å². The number of hydrogen-bond acceptors (Lipinski definition) is 4. The van der Waals surface area contributed by atoms with Crippen molar-refractivity contribution in [2.24, 2.45) is 0 Å². The second-order valence-corrected chi connectivity index (χ2v) is 4.75. The molecule has 1 heterocycles. The van der Waals surface area contributed by atoms with Gasteiger partial charge in [0.25, 0.3) is 0 Å². The fourth-order valence-corrected chi connectivity index (χ4v) is 1.43. The molecule has 0 radical (unpaired) electrons. The lowest BCUT2D eigenvalue weighted by molar-refractivity contribution is -0.183. The van der Waals surface area contributed by atoms with Gasteiger partial charge >= 0.3 is 5.97 Å². The van der Waals surface area contributed by atoms with Crippen molar-refractivity contribution in [1.82, 2.24) is 5.32 Å². The zero-order chi connectivity index (χ0) is 10.8. The smallest absolute Gasteiger partial charge is 0.354 e. The molecular formula is C10H19NO3. The summed E-state index contributed by atoms with van der Waals surface area (Å²) in [5.74, 6) is -0.565. The number of aliphatic hydroxyl groups is 1. The summed E-state index contributed by atoms with van der Waals surface area (Å²) in [7, 11) is 0. The third-order valence-electron chi connectivity index (χ3n) is 2.12. The molecule has 2 N–H and O–H groups in total. The fourth-order valence-electron chi connectivity index (χ4n) is 1.43. The first-order valence-corrected chi connectivity index (χ1v) is 5.04. The molecule has 1 atom stereocenters. The minimum atomic E-state index is -1.47. The van der Waals surface area contributed by atoms with E-state index >= 15 is 0 Å². The van der Waals surface area contributed by atoms with Gasteiger partial charge in [0.15, 0.2) is 0 Å². The van der Waals surface area contributed by atoms with Crippen molar-refractivity contribution in [3.05, 3.63) is 0 Å². The number of rotatable bonds is 1. The maximum atomic E-state index is 11.6. The Labute approximate surface area is 84.6 Å². The van der Waals surface area contributed by atoms with E-state index in [-0.39, 0.29) is 0 Å². The zero-order valence-electron chi connectivity index (χ0n) is 9.09.